The van der Waals surface area contributed by atoms with E-state index in [9.17, 15) is 0 Å². The van der Waals surface area contributed by atoms with Crippen LogP contribution in [-0.2, 0) is 0 Å². The van der Waals surface area contributed by atoms with Crippen molar-refractivity contribution < 1.29 is 4.74 Å². The van der Waals surface area contributed by atoms with Crippen molar-refractivity contribution in [1.29, 1.82) is 0 Å². The molecule has 0 radical (unpaired) electrons. The molecule has 2 unspecified atom stereocenters. The van der Waals surface area contributed by atoms with Crippen LogP contribution in [0.25, 0.3) is 0 Å². The Hall–Kier alpha value is -1.09. The fourth-order valence-electron chi connectivity index (χ4n) is 2.14. The maximum Gasteiger partial charge on any atom is 0.213 e. The van der Waals surface area contributed by atoms with Gasteiger partial charge in [-0.2, -0.15) is 0 Å². The molecule has 3 nitrogen and oxygen atoms in total. The number of nitrogens with zero attached hydrogens (tertiary/aromatic N) is 1. The lowest BCUT2D eigenvalue weighted by Gasteiger charge is -2.07. The van der Waals surface area contributed by atoms with Gasteiger partial charge >= 0.3 is 0 Å². The molecule has 2 rings (SSSR count). The maximum atomic E-state index is 5.15. The Kier molecular flexibility index (Phi) is 4.00. The van der Waals surface area contributed by atoms with Crippen LogP contribution < -0.4 is 10.1 Å². The molecule has 17 heavy (non-hydrogen) atoms. The first-order valence-electron chi connectivity index (χ1n) is 6.42. The summed E-state index contributed by atoms with van der Waals surface area (Å²) in [5.74, 6) is 2.84. The van der Waals surface area contributed by atoms with Crippen molar-refractivity contribution in [2.45, 2.75) is 26.2 Å². The first-order chi connectivity index (χ1) is 8.20. The molecule has 1 saturated carbocycles. The molecule has 0 spiro atoms. The van der Waals surface area contributed by atoms with E-state index in [1.807, 2.05) is 12.1 Å². The zero-order valence-electron chi connectivity index (χ0n) is 10.9. The Morgan fingerprint density at radius 2 is 2.29 bits per heavy atom. The van der Waals surface area contributed by atoms with Gasteiger partial charge in [-0.25, -0.2) is 4.98 Å². The van der Waals surface area contributed by atoms with Crippen LogP contribution >= 0.6 is 0 Å². The maximum absolute atomic E-state index is 5.15. The van der Waals surface area contributed by atoms with E-state index in [1.165, 1.54) is 12.1 Å². The number of methoxy groups -OCH3 is 1. The summed E-state index contributed by atoms with van der Waals surface area (Å²) in [5, 5.41) is 3.52. The number of hydrogen-bond donors (Lipinski definition) is 1. The van der Waals surface area contributed by atoms with Crippen molar-refractivity contribution in [3.05, 3.63) is 23.9 Å². The normalized spacial score (nSPS) is 22.8. The lowest BCUT2D eigenvalue weighted by Crippen LogP contribution is -2.22. The van der Waals surface area contributed by atoms with Crippen LogP contribution in [0.4, 0.5) is 0 Å². The van der Waals surface area contributed by atoms with Gasteiger partial charge in [0.2, 0.25) is 5.88 Å². The number of rotatable bonds is 6. The molecule has 1 heterocycles. The monoisotopic (exact) mass is 234 g/mol. The molecule has 1 N–H and O–H groups in total. The molecule has 0 saturated heterocycles. The number of aromatic nitrogens is 1. The fraction of sp³-hybridized carbons (Fsp3) is 0.643. The Morgan fingerprint density at radius 1 is 1.47 bits per heavy atom. The van der Waals surface area contributed by atoms with Crippen molar-refractivity contribution in [2.24, 2.45) is 11.8 Å². The number of hydrogen-bond acceptors (Lipinski definition) is 3. The van der Waals surface area contributed by atoms with E-state index >= 15 is 0 Å². The Bertz CT molecular complexity index is 365. The number of pyridine rings is 1. The highest BCUT2D eigenvalue weighted by atomic mass is 16.5. The third-order valence-corrected chi connectivity index (χ3v) is 3.22. The molecule has 1 aromatic rings. The van der Waals surface area contributed by atoms with Crippen LogP contribution in [0, 0.1) is 11.8 Å². The van der Waals surface area contributed by atoms with E-state index in [-0.39, 0.29) is 0 Å². The minimum absolute atomic E-state index is 0.629. The molecular formula is C14H22N2O. The van der Waals surface area contributed by atoms with Gasteiger partial charge in [0, 0.05) is 17.7 Å². The van der Waals surface area contributed by atoms with E-state index in [2.05, 4.69) is 30.2 Å². The molecule has 0 amide bonds. The van der Waals surface area contributed by atoms with E-state index in [4.69, 9.17) is 4.74 Å². The summed E-state index contributed by atoms with van der Waals surface area (Å²) in [7, 11) is 1.67. The Labute approximate surface area is 104 Å². The van der Waals surface area contributed by atoms with Crippen LogP contribution in [-0.4, -0.2) is 25.2 Å². The average Bonchev–Trinajstić information content (AvgIpc) is 3.08. The fourth-order valence-corrected chi connectivity index (χ4v) is 2.14. The molecule has 1 aliphatic carbocycles. The second-order valence-corrected chi connectivity index (χ2v) is 5.26. The smallest absolute Gasteiger partial charge is 0.213 e. The van der Waals surface area contributed by atoms with Crippen molar-refractivity contribution in [2.75, 3.05) is 20.2 Å². The SMILES string of the molecule is COc1cccc(C2CC2CNCC(C)C)n1. The molecule has 94 valence electrons. The molecule has 1 fully saturated rings. The van der Waals surface area contributed by atoms with E-state index in [1.54, 1.807) is 7.11 Å². The van der Waals surface area contributed by atoms with Gasteiger partial charge in [0.25, 0.3) is 0 Å². The second-order valence-electron chi connectivity index (χ2n) is 5.26. The van der Waals surface area contributed by atoms with Crippen LogP contribution in [0.3, 0.4) is 0 Å². The molecule has 1 aromatic heterocycles. The Balaban J connectivity index is 1.81. The standard InChI is InChI=1S/C14H22N2O/c1-10(2)8-15-9-11-7-12(11)13-5-4-6-14(16-13)17-3/h4-6,10-12,15H,7-9H2,1-3H3. The first-order valence-corrected chi connectivity index (χ1v) is 6.42. The lowest BCUT2D eigenvalue weighted by atomic mass is 10.2. The van der Waals surface area contributed by atoms with Crippen LogP contribution in [0.2, 0.25) is 0 Å². The summed E-state index contributed by atoms with van der Waals surface area (Å²) >= 11 is 0. The van der Waals surface area contributed by atoms with Gasteiger partial charge in [-0.3, -0.25) is 0 Å². The quantitative estimate of drug-likeness (QED) is 0.821. The predicted octanol–water partition coefficient (Wildman–Crippen LogP) is 2.44. The zero-order valence-corrected chi connectivity index (χ0v) is 10.9. The van der Waals surface area contributed by atoms with Gasteiger partial charge < -0.3 is 10.1 Å². The third kappa shape index (κ3) is 3.43. The number of nitrogens with one attached hydrogen (secondary N) is 1. The van der Waals surface area contributed by atoms with Crippen molar-refractivity contribution in [3.8, 4) is 5.88 Å². The van der Waals surface area contributed by atoms with E-state index < -0.39 is 0 Å². The minimum Gasteiger partial charge on any atom is -0.481 e. The summed E-state index contributed by atoms with van der Waals surface area (Å²) in [6.45, 7) is 6.69. The topological polar surface area (TPSA) is 34.1 Å². The van der Waals surface area contributed by atoms with E-state index in [0.717, 1.165) is 30.8 Å². The summed E-state index contributed by atoms with van der Waals surface area (Å²) in [6.07, 6.45) is 1.26. The molecule has 1 aliphatic rings. The first kappa shape index (κ1) is 12.4. The van der Waals surface area contributed by atoms with Gasteiger partial charge in [-0.15, -0.1) is 0 Å². The third-order valence-electron chi connectivity index (χ3n) is 3.22. The molecule has 0 aliphatic heterocycles. The Morgan fingerprint density at radius 3 is 3.00 bits per heavy atom. The summed E-state index contributed by atoms with van der Waals surface area (Å²) in [4.78, 5) is 4.50. The molecule has 3 heteroatoms. The second kappa shape index (κ2) is 5.50. The molecule has 0 aromatic carbocycles. The van der Waals surface area contributed by atoms with Gasteiger partial charge in [0.1, 0.15) is 0 Å². The zero-order chi connectivity index (χ0) is 12.3. The summed E-state index contributed by atoms with van der Waals surface area (Å²) < 4.78 is 5.15. The average molecular weight is 234 g/mol. The highest BCUT2D eigenvalue weighted by Crippen LogP contribution is 2.46. The van der Waals surface area contributed by atoms with Gasteiger partial charge in [-0.1, -0.05) is 19.9 Å². The van der Waals surface area contributed by atoms with Crippen LogP contribution in [0.15, 0.2) is 18.2 Å². The number of ether oxygens (including phenoxy) is 1. The summed E-state index contributed by atoms with van der Waals surface area (Å²) in [5.41, 5.74) is 1.18. The molecule has 2 atom stereocenters. The molecule has 0 bridgehead atoms. The van der Waals surface area contributed by atoms with Crippen molar-refractivity contribution >= 4 is 0 Å². The van der Waals surface area contributed by atoms with Gasteiger partial charge in [0.15, 0.2) is 0 Å². The minimum atomic E-state index is 0.629. The summed E-state index contributed by atoms with van der Waals surface area (Å²) in [6, 6.07) is 6.03. The van der Waals surface area contributed by atoms with Crippen LogP contribution in [0.5, 0.6) is 5.88 Å². The van der Waals surface area contributed by atoms with E-state index in [0.29, 0.717) is 5.92 Å². The largest absolute Gasteiger partial charge is 0.481 e. The predicted molar refractivity (Wildman–Crippen MR) is 69.3 cm³/mol. The van der Waals surface area contributed by atoms with Crippen LogP contribution in [0.1, 0.15) is 31.9 Å². The van der Waals surface area contributed by atoms with Crippen molar-refractivity contribution in [1.82, 2.24) is 10.3 Å². The highest BCUT2D eigenvalue weighted by Gasteiger charge is 2.38. The highest BCUT2D eigenvalue weighted by molar-refractivity contribution is 5.23. The van der Waals surface area contributed by atoms with Gasteiger partial charge in [0.05, 0.1) is 7.11 Å². The molecular weight excluding hydrogens is 212 g/mol. The van der Waals surface area contributed by atoms with Gasteiger partial charge in [-0.05, 0) is 37.4 Å². The lowest BCUT2D eigenvalue weighted by molar-refractivity contribution is 0.396. The van der Waals surface area contributed by atoms with Crippen molar-refractivity contribution in [3.63, 3.8) is 0 Å².